The minimum absolute atomic E-state index is 0.0637. The van der Waals surface area contributed by atoms with Gasteiger partial charge in [0.05, 0.1) is 137 Å². The van der Waals surface area contributed by atoms with Crippen LogP contribution in [0.5, 0.6) is 0 Å². The summed E-state index contributed by atoms with van der Waals surface area (Å²) in [5, 5.41) is 1.17. The lowest BCUT2D eigenvalue weighted by molar-refractivity contribution is -0.0262. The van der Waals surface area contributed by atoms with Crippen LogP contribution in [-0.4, -0.2) is 172 Å². The molecule has 2 aromatic carbocycles. The number of sulfonamides is 1. The second-order valence-corrected chi connectivity index (χ2v) is 15.2. The van der Waals surface area contributed by atoms with Crippen molar-refractivity contribution in [1.29, 1.82) is 0 Å². The van der Waals surface area contributed by atoms with Crippen molar-refractivity contribution in [3.05, 3.63) is 63.1 Å². The zero-order chi connectivity index (χ0) is 40.1. The van der Waals surface area contributed by atoms with Crippen LogP contribution < -0.4 is 10.5 Å². The third kappa shape index (κ3) is 20.9. The van der Waals surface area contributed by atoms with E-state index in [4.69, 9.17) is 76.3 Å². The number of hydrogen-bond donors (Lipinski definition) is 2. The highest BCUT2D eigenvalue weighted by Gasteiger charge is 2.28. The molecule has 0 aliphatic carbocycles. The Labute approximate surface area is 342 Å². The molecule has 0 amide bonds. The number of ether oxygens (including phenoxy) is 10. The molecule has 3 N–H and O–H groups in total. The third-order valence-electron chi connectivity index (χ3n) is 8.21. The van der Waals surface area contributed by atoms with E-state index in [0.29, 0.717) is 155 Å². The van der Waals surface area contributed by atoms with Crippen LogP contribution in [0.1, 0.15) is 22.6 Å². The van der Waals surface area contributed by atoms with E-state index in [0.717, 1.165) is 16.7 Å². The van der Waals surface area contributed by atoms with Gasteiger partial charge in [-0.1, -0.05) is 35.3 Å². The normalized spacial score (nSPS) is 14.8. The molecule has 1 heterocycles. The smallest absolute Gasteiger partial charge is 0.240 e. The highest BCUT2D eigenvalue weighted by atomic mass is 35.5. The maximum atomic E-state index is 13.1. The van der Waals surface area contributed by atoms with Crippen molar-refractivity contribution in [1.82, 2.24) is 9.62 Å². The number of nitrogens with one attached hydrogen (secondary N) is 1. The first-order chi connectivity index (χ1) is 27.3. The van der Waals surface area contributed by atoms with Gasteiger partial charge in [-0.05, 0) is 48.0 Å². The molecule has 320 valence electrons. The molecular formula is C38H61Cl2N3O12S. The third-order valence-corrected chi connectivity index (χ3v) is 10.2. The molecule has 18 heteroatoms. The molecule has 0 spiro atoms. The van der Waals surface area contributed by atoms with E-state index in [1.54, 1.807) is 24.3 Å². The Morgan fingerprint density at radius 2 is 1.07 bits per heavy atom. The molecule has 1 aliphatic rings. The van der Waals surface area contributed by atoms with E-state index in [-0.39, 0.29) is 24.0 Å². The Bertz CT molecular complexity index is 1430. The minimum atomic E-state index is -3.74. The molecule has 2 aromatic rings. The van der Waals surface area contributed by atoms with Crippen LogP contribution in [-0.2, 0) is 63.9 Å². The van der Waals surface area contributed by atoms with Crippen molar-refractivity contribution in [2.24, 2.45) is 5.73 Å². The van der Waals surface area contributed by atoms with Gasteiger partial charge in [-0.25, -0.2) is 13.1 Å². The lowest BCUT2D eigenvalue weighted by Gasteiger charge is -2.33. The topological polar surface area (TPSA) is 168 Å². The van der Waals surface area contributed by atoms with Gasteiger partial charge in [0.25, 0.3) is 0 Å². The van der Waals surface area contributed by atoms with Crippen LogP contribution >= 0.6 is 23.2 Å². The molecule has 0 saturated carbocycles. The lowest BCUT2D eigenvalue weighted by atomic mass is 9.85. The molecule has 56 heavy (non-hydrogen) atoms. The first-order valence-corrected chi connectivity index (χ1v) is 21.3. The fourth-order valence-corrected chi connectivity index (χ4v) is 7.16. The van der Waals surface area contributed by atoms with Crippen molar-refractivity contribution >= 4 is 33.2 Å². The summed E-state index contributed by atoms with van der Waals surface area (Å²) in [4.78, 5) is 2.36. The van der Waals surface area contributed by atoms with Crippen molar-refractivity contribution in [2.45, 2.75) is 17.4 Å². The monoisotopic (exact) mass is 853 g/mol. The largest absolute Gasteiger partial charge is 0.378 e. The van der Waals surface area contributed by atoms with Gasteiger partial charge in [0.1, 0.15) is 0 Å². The van der Waals surface area contributed by atoms with Gasteiger partial charge < -0.3 is 58.0 Å². The van der Waals surface area contributed by atoms with Gasteiger partial charge in [-0.2, -0.15) is 0 Å². The molecule has 0 fully saturated rings. The fourth-order valence-electron chi connectivity index (χ4n) is 5.53. The fraction of sp³-hybridized carbons (Fsp3) is 0.684. The molecule has 0 aromatic heterocycles. The van der Waals surface area contributed by atoms with Crippen molar-refractivity contribution in [3.63, 3.8) is 0 Å². The van der Waals surface area contributed by atoms with Crippen LogP contribution in [0.15, 0.2) is 41.3 Å². The summed E-state index contributed by atoms with van der Waals surface area (Å²) >= 11 is 12.8. The Hall–Kier alpha value is -1.55. The van der Waals surface area contributed by atoms with E-state index in [1.165, 1.54) is 0 Å². The van der Waals surface area contributed by atoms with E-state index in [9.17, 15) is 8.42 Å². The molecule has 15 nitrogen and oxygen atoms in total. The maximum absolute atomic E-state index is 13.1. The van der Waals surface area contributed by atoms with Crippen molar-refractivity contribution in [3.8, 4) is 0 Å². The predicted octanol–water partition coefficient (Wildman–Crippen LogP) is 2.97. The second-order valence-electron chi connectivity index (χ2n) is 12.6. The van der Waals surface area contributed by atoms with Gasteiger partial charge in [0.2, 0.25) is 10.0 Å². The number of nitrogens with two attached hydrogens (primary N) is 1. The molecule has 1 unspecified atom stereocenters. The Kier molecular flexibility index (Phi) is 26.6. The molecule has 1 atom stereocenters. The molecule has 0 bridgehead atoms. The highest BCUT2D eigenvalue weighted by molar-refractivity contribution is 7.89. The zero-order valence-electron chi connectivity index (χ0n) is 32.6. The van der Waals surface area contributed by atoms with E-state index >= 15 is 0 Å². The Morgan fingerprint density at radius 1 is 0.643 bits per heavy atom. The van der Waals surface area contributed by atoms with Gasteiger partial charge >= 0.3 is 0 Å². The number of rotatable bonds is 35. The second kappa shape index (κ2) is 30.5. The van der Waals surface area contributed by atoms with E-state index < -0.39 is 10.0 Å². The summed E-state index contributed by atoms with van der Waals surface area (Å²) in [7, 11) is -1.72. The summed E-state index contributed by atoms with van der Waals surface area (Å²) in [6, 6.07) is 10.7. The summed E-state index contributed by atoms with van der Waals surface area (Å²) in [5.41, 5.74) is 8.25. The summed E-state index contributed by atoms with van der Waals surface area (Å²) < 4.78 is 83.2. The molecule has 3 rings (SSSR count). The van der Waals surface area contributed by atoms with Crippen LogP contribution in [0.3, 0.4) is 0 Å². The van der Waals surface area contributed by atoms with Crippen molar-refractivity contribution in [2.75, 3.05) is 159 Å². The summed E-state index contributed by atoms with van der Waals surface area (Å²) in [6.45, 7) is 11.3. The quantitative estimate of drug-likeness (QED) is 0.0972. The Balaban J connectivity index is 1.06. The SMILES string of the molecule is CN1Cc2c(Cl)cc(Cl)cc2C(c2cccc(S(=O)(=O)NCCOCCOCCOCCOCCOCCOCCOCCOCCOCCOCCN)c2)C1. The van der Waals surface area contributed by atoms with Gasteiger partial charge in [0.15, 0.2) is 0 Å². The lowest BCUT2D eigenvalue weighted by Crippen LogP contribution is -2.31. The van der Waals surface area contributed by atoms with Crippen LogP contribution in [0, 0.1) is 0 Å². The average Bonchev–Trinajstić information content (AvgIpc) is 3.18. The van der Waals surface area contributed by atoms with Gasteiger partial charge in [-0.3, -0.25) is 0 Å². The number of halogens is 2. The predicted molar refractivity (Wildman–Crippen MR) is 214 cm³/mol. The first kappa shape index (κ1) is 48.8. The van der Waals surface area contributed by atoms with Crippen LogP contribution in [0.25, 0.3) is 0 Å². The highest BCUT2D eigenvalue weighted by Crippen LogP contribution is 2.38. The number of nitrogens with zero attached hydrogens (tertiary/aromatic N) is 1. The molecule has 0 saturated heterocycles. The van der Waals surface area contributed by atoms with Crippen LogP contribution in [0.2, 0.25) is 10.0 Å². The Morgan fingerprint density at radius 3 is 1.52 bits per heavy atom. The first-order valence-electron chi connectivity index (χ1n) is 19.0. The average molecular weight is 855 g/mol. The van der Waals surface area contributed by atoms with E-state index in [2.05, 4.69) is 9.62 Å². The number of fused-ring (bicyclic) bond motifs is 1. The summed E-state index contributed by atoms with van der Waals surface area (Å²) in [6.07, 6.45) is 0. The van der Waals surface area contributed by atoms with Crippen LogP contribution in [0.4, 0.5) is 0 Å². The number of likely N-dealkylation sites (N-methyl/N-ethyl adjacent to an activating group) is 1. The van der Waals surface area contributed by atoms with E-state index in [1.807, 2.05) is 19.2 Å². The summed E-state index contributed by atoms with van der Waals surface area (Å²) in [5.74, 6) is -0.0637. The van der Waals surface area contributed by atoms with Gasteiger partial charge in [-0.15, -0.1) is 0 Å². The molecule has 0 radical (unpaired) electrons. The standard InChI is InChI=1S/C38H61Cl2N3O12S/c1-43-30-36(35-28-33(39)29-38(40)37(35)31-43)32-3-2-4-34(27-32)56(44,45)42-6-8-47-10-12-49-14-16-51-18-20-53-22-24-55-26-25-54-23-21-52-19-17-50-15-13-48-11-9-46-7-5-41/h2-4,27-29,36,42H,5-26,30-31,41H2,1H3. The van der Waals surface area contributed by atoms with Crippen molar-refractivity contribution < 1.29 is 55.8 Å². The number of benzene rings is 2. The maximum Gasteiger partial charge on any atom is 0.240 e. The zero-order valence-corrected chi connectivity index (χ0v) is 34.9. The van der Waals surface area contributed by atoms with Gasteiger partial charge in [0, 0.05) is 42.1 Å². The number of hydrogen-bond acceptors (Lipinski definition) is 14. The molecular weight excluding hydrogens is 793 g/mol. The minimum Gasteiger partial charge on any atom is -0.378 e. The molecule has 1 aliphatic heterocycles.